The van der Waals surface area contributed by atoms with Crippen LogP contribution in [0.1, 0.15) is 41.5 Å². The summed E-state index contributed by atoms with van der Waals surface area (Å²) in [5.74, 6) is 0.636. The number of hydrogen-bond acceptors (Lipinski definition) is 4. The molecule has 4 rings (SSSR count). The maximum atomic E-state index is 11.8. The molecule has 0 saturated carbocycles. The molecule has 35 heavy (non-hydrogen) atoms. The van der Waals surface area contributed by atoms with Crippen LogP contribution >= 0.6 is 0 Å². The van der Waals surface area contributed by atoms with Gasteiger partial charge in [-0.05, 0) is 66.3 Å². The van der Waals surface area contributed by atoms with E-state index in [4.69, 9.17) is 9.47 Å². The minimum atomic E-state index is -0.768. The van der Waals surface area contributed by atoms with Crippen molar-refractivity contribution < 1.29 is 19.4 Å². The number of rotatable bonds is 8. The Balaban J connectivity index is 1.63. The molecular weight excluding hydrogens is 438 g/mol. The first-order chi connectivity index (χ1) is 17.0. The molecule has 5 nitrogen and oxygen atoms in total. The fourth-order valence-electron chi connectivity index (χ4n) is 4.87. The molecule has 0 unspecified atom stereocenters. The Labute approximate surface area is 207 Å². The molecule has 1 saturated heterocycles. The lowest BCUT2D eigenvalue weighted by atomic mass is 9.96. The van der Waals surface area contributed by atoms with E-state index in [0.29, 0.717) is 24.5 Å². The summed E-state index contributed by atoms with van der Waals surface area (Å²) in [6, 6.07) is 20.2. The van der Waals surface area contributed by atoms with Crippen molar-refractivity contribution in [3.8, 4) is 22.6 Å². The van der Waals surface area contributed by atoms with E-state index in [0.717, 1.165) is 36.1 Å². The number of likely N-dealkylation sites (tertiary alicyclic amines) is 1. The van der Waals surface area contributed by atoms with E-state index in [1.165, 1.54) is 16.7 Å². The quantitative estimate of drug-likeness (QED) is 0.391. The summed E-state index contributed by atoms with van der Waals surface area (Å²) in [5, 5.41) is 9.66. The molecule has 182 valence electrons. The van der Waals surface area contributed by atoms with Crippen LogP contribution in [0.4, 0.5) is 0 Å². The summed E-state index contributed by atoms with van der Waals surface area (Å²) in [4.78, 5) is 13.8. The van der Waals surface area contributed by atoms with Gasteiger partial charge >= 0.3 is 5.97 Å². The fourth-order valence-corrected chi connectivity index (χ4v) is 4.87. The SMILES string of the molecule is COc1cc(/C=C/c2cccc(-c3ccccc3)c2C)cc(OC)c1CN1CCCC[C@H]1C(=O)O. The van der Waals surface area contributed by atoms with Crippen LogP contribution in [-0.2, 0) is 11.3 Å². The number of hydrogen-bond donors (Lipinski definition) is 1. The van der Waals surface area contributed by atoms with E-state index in [1.807, 2.05) is 23.1 Å². The third kappa shape index (κ3) is 5.57. The van der Waals surface area contributed by atoms with Crippen molar-refractivity contribution in [2.45, 2.75) is 38.8 Å². The summed E-state index contributed by atoms with van der Waals surface area (Å²) in [6.45, 7) is 3.37. The van der Waals surface area contributed by atoms with Gasteiger partial charge in [0.2, 0.25) is 0 Å². The highest BCUT2D eigenvalue weighted by molar-refractivity contribution is 5.78. The van der Waals surface area contributed by atoms with Crippen molar-refractivity contribution in [3.05, 3.63) is 82.9 Å². The first-order valence-electron chi connectivity index (χ1n) is 12.1. The van der Waals surface area contributed by atoms with Crippen molar-refractivity contribution in [2.75, 3.05) is 20.8 Å². The number of carbonyl (C=O) groups is 1. The van der Waals surface area contributed by atoms with Crippen LogP contribution in [0, 0.1) is 6.92 Å². The highest BCUT2D eigenvalue weighted by Crippen LogP contribution is 2.34. The average molecular weight is 472 g/mol. The van der Waals surface area contributed by atoms with E-state index in [9.17, 15) is 9.90 Å². The number of piperidine rings is 1. The molecule has 0 bridgehead atoms. The number of ether oxygens (including phenoxy) is 2. The lowest BCUT2D eigenvalue weighted by Gasteiger charge is -2.33. The molecule has 3 aromatic carbocycles. The third-order valence-electron chi connectivity index (χ3n) is 6.81. The van der Waals surface area contributed by atoms with Gasteiger partial charge in [0.15, 0.2) is 0 Å². The van der Waals surface area contributed by atoms with Crippen LogP contribution in [0.3, 0.4) is 0 Å². The van der Waals surface area contributed by atoms with Crippen molar-refractivity contribution in [1.29, 1.82) is 0 Å². The molecule has 0 aromatic heterocycles. The zero-order valence-electron chi connectivity index (χ0n) is 20.7. The monoisotopic (exact) mass is 471 g/mol. The van der Waals surface area contributed by atoms with Gasteiger partial charge < -0.3 is 14.6 Å². The first-order valence-corrected chi connectivity index (χ1v) is 12.1. The standard InChI is InChI=1S/C30H33NO4/c1-21-23(12-9-13-25(21)24-10-5-4-6-11-24)16-15-22-18-28(34-2)26(29(19-22)35-3)20-31-17-8-7-14-27(31)30(32)33/h4-6,9-13,15-16,18-19,27H,7-8,14,17,20H2,1-3H3,(H,32,33)/b16-15+/t27-/m0/s1. The molecule has 0 spiro atoms. The molecule has 5 heteroatoms. The van der Waals surface area contributed by atoms with Gasteiger partial charge in [0.05, 0.1) is 19.8 Å². The molecule has 3 aromatic rings. The lowest BCUT2D eigenvalue weighted by molar-refractivity contribution is -0.144. The van der Waals surface area contributed by atoms with Crippen LogP contribution in [0.25, 0.3) is 23.3 Å². The molecular formula is C30H33NO4. The van der Waals surface area contributed by atoms with Crippen LogP contribution < -0.4 is 9.47 Å². The number of nitrogens with zero attached hydrogens (tertiary/aromatic N) is 1. The zero-order chi connectivity index (χ0) is 24.8. The summed E-state index contributed by atoms with van der Waals surface area (Å²) in [5.41, 5.74) is 6.61. The van der Waals surface area contributed by atoms with Crippen molar-refractivity contribution >= 4 is 18.1 Å². The van der Waals surface area contributed by atoms with Crippen molar-refractivity contribution in [3.63, 3.8) is 0 Å². The normalized spacial score (nSPS) is 16.4. The van der Waals surface area contributed by atoms with Crippen molar-refractivity contribution in [2.24, 2.45) is 0 Å². The second-order valence-electron chi connectivity index (χ2n) is 8.94. The smallest absolute Gasteiger partial charge is 0.320 e. The van der Waals surface area contributed by atoms with Gasteiger partial charge in [-0.15, -0.1) is 0 Å². The van der Waals surface area contributed by atoms with Crippen LogP contribution in [0.15, 0.2) is 60.7 Å². The average Bonchev–Trinajstić information content (AvgIpc) is 2.89. The van der Waals surface area contributed by atoms with Crippen LogP contribution in [-0.4, -0.2) is 42.8 Å². The first kappa shape index (κ1) is 24.6. The second kappa shape index (κ2) is 11.2. The highest BCUT2D eigenvalue weighted by atomic mass is 16.5. The minimum absolute atomic E-state index is 0.474. The summed E-state index contributed by atoms with van der Waals surface area (Å²) in [7, 11) is 3.29. The van der Waals surface area contributed by atoms with Gasteiger partial charge in [-0.1, -0.05) is 67.1 Å². The van der Waals surface area contributed by atoms with Gasteiger partial charge in [-0.2, -0.15) is 0 Å². The fraction of sp³-hybridized carbons (Fsp3) is 0.300. The maximum Gasteiger partial charge on any atom is 0.320 e. The lowest BCUT2D eigenvalue weighted by Crippen LogP contribution is -2.44. The molecule has 1 heterocycles. The molecule has 1 atom stereocenters. The molecule has 1 fully saturated rings. The summed E-state index contributed by atoms with van der Waals surface area (Å²) < 4.78 is 11.5. The number of methoxy groups -OCH3 is 2. The Bertz CT molecular complexity index is 1180. The minimum Gasteiger partial charge on any atom is -0.496 e. The van der Waals surface area contributed by atoms with Crippen molar-refractivity contribution in [1.82, 2.24) is 4.90 Å². The Morgan fingerprint density at radius 2 is 1.71 bits per heavy atom. The number of carboxylic acids is 1. The number of aliphatic carboxylic acids is 1. The van der Waals surface area contributed by atoms with Gasteiger partial charge in [0.25, 0.3) is 0 Å². The topological polar surface area (TPSA) is 59.0 Å². The van der Waals surface area contributed by atoms with Gasteiger partial charge in [-0.25, -0.2) is 0 Å². The maximum absolute atomic E-state index is 11.8. The van der Waals surface area contributed by atoms with E-state index in [1.54, 1.807) is 14.2 Å². The number of carboxylic acid groups (broad SMARTS) is 1. The molecule has 0 radical (unpaired) electrons. The van der Waals surface area contributed by atoms with E-state index >= 15 is 0 Å². The molecule has 1 N–H and O–H groups in total. The Morgan fingerprint density at radius 1 is 1.00 bits per heavy atom. The van der Waals surface area contributed by atoms with Crippen LogP contribution in [0.2, 0.25) is 0 Å². The van der Waals surface area contributed by atoms with E-state index in [-0.39, 0.29) is 0 Å². The molecule has 1 aliphatic heterocycles. The predicted octanol–water partition coefficient (Wildman–Crippen LogP) is 6.29. The highest BCUT2D eigenvalue weighted by Gasteiger charge is 2.30. The van der Waals surface area contributed by atoms with E-state index < -0.39 is 12.0 Å². The third-order valence-corrected chi connectivity index (χ3v) is 6.81. The van der Waals surface area contributed by atoms with Gasteiger partial charge in [-0.3, -0.25) is 9.69 Å². The Kier molecular flexibility index (Phi) is 7.88. The molecule has 1 aliphatic rings. The summed E-state index contributed by atoms with van der Waals surface area (Å²) in [6.07, 6.45) is 6.78. The van der Waals surface area contributed by atoms with Gasteiger partial charge in [0, 0.05) is 6.54 Å². The second-order valence-corrected chi connectivity index (χ2v) is 8.94. The Morgan fingerprint density at radius 3 is 2.37 bits per heavy atom. The predicted molar refractivity (Wildman–Crippen MR) is 141 cm³/mol. The van der Waals surface area contributed by atoms with Crippen LogP contribution in [0.5, 0.6) is 11.5 Å². The van der Waals surface area contributed by atoms with Gasteiger partial charge in [0.1, 0.15) is 17.5 Å². The zero-order valence-corrected chi connectivity index (χ0v) is 20.7. The Hall–Kier alpha value is -3.57. The molecule has 0 amide bonds. The van der Waals surface area contributed by atoms with E-state index in [2.05, 4.69) is 61.5 Å². The largest absolute Gasteiger partial charge is 0.496 e. The molecule has 0 aliphatic carbocycles. The summed E-state index contributed by atoms with van der Waals surface area (Å²) >= 11 is 0. The number of benzene rings is 3.